The number of hydrogen-bond acceptors (Lipinski definition) is 2. The maximum absolute atomic E-state index is 6.43. The average Bonchev–Trinajstić information content (AvgIpc) is 3.67. The van der Waals surface area contributed by atoms with Crippen molar-refractivity contribution >= 4 is 78.1 Å². The molecule has 6 radical (unpaired) electrons. The van der Waals surface area contributed by atoms with Gasteiger partial charge in [0, 0.05) is 21.5 Å². The summed E-state index contributed by atoms with van der Waals surface area (Å²) >= 11 is 0. The van der Waals surface area contributed by atoms with Gasteiger partial charge in [-0.3, -0.25) is 4.57 Å². The van der Waals surface area contributed by atoms with Crippen LogP contribution in [-0.2, 0) is 5.11 Å². The molecule has 9 rings (SSSR count). The fourth-order valence-corrected chi connectivity index (χ4v) is 7.02. The third-order valence-electron chi connectivity index (χ3n) is 8.95. The second kappa shape index (κ2) is 10.0. The lowest BCUT2D eigenvalue weighted by Crippen LogP contribution is -2.31. The van der Waals surface area contributed by atoms with E-state index in [4.69, 9.17) is 32.9 Å². The van der Waals surface area contributed by atoms with E-state index in [-0.39, 0.29) is 0 Å². The molecule has 0 bridgehead atoms. The van der Waals surface area contributed by atoms with E-state index in [1.165, 1.54) is 0 Å². The van der Waals surface area contributed by atoms with Gasteiger partial charge in [0.05, 0.1) is 46.1 Å². The summed E-state index contributed by atoms with van der Waals surface area (Å²) in [5.74, 6) is 0.378. The summed E-state index contributed by atoms with van der Waals surface area (Å²) in [6.45, 7) is 0. The largest absolute Gasteiger partial charge is 0.456 e. The van der Waals surface area contributed by atoms with E-state index >= 15 is 0 Å². The van der Waals surface area contributed by atoms with Gasteiger partial charge in [0.2, 0.25) is 0 Å². The van der Waals surface area contributed by atoms with Crippen molar-refractivity contribution in [1.82, 2.24) is 9.55 Å². The minimum Gasteiger partial charge on any atom is -0.456 e. The number of imidazole rings is 1. The minimum atomic E-state index is -1.68. The molecule has 0 saturated heterocycles. The molecule has 0 N–H and O–H groups in total. The topological polar surface area (TPSA) is 31.0 Å². The van der Waals surface area contributed by atoms with Gasteiger partial charge in [0.15, 0.2) is 0 Å². The van der Waals surface area contributed by atoms with Crippen molar-refractivity contribution in [3.8, 4) is 27.9 Å². The van der Waals surface area contributed by atoms with Crippen molar-refractivity contribution in [1.29, 1.82) is 0 Å². The van der Waals surface area contributed by atoms with Crippen LogP contribution in [-0.4, -0.2) is 33.1 Å². The smallest absolute Gasteiger partial charge is 0.136 e. The predicted octanol–water partition coefficient (Wildman–Crippen LogP) is 9.18. The Hall–Kier alpha value is -5.48. The Morgan fingerprint density at radius 2 is 1.22 bits per heavy atom. The van der Waals surface area contributed by atoms with Gasteiger partial charge >= 0.3 is 0 Å². The highest BCUT2D eigenvalue weighted by atomic mass is 16.3. The van der Waals surface area contributed by atoms with E-state index < -0.39 is 5.11 Å². The van der Waals surface area contributed by atoms with E-state index in [0.29, 0.717) is 5.82 Å². The Labute approximate surface area is 269 Å². The molecule has 46 heavy (non-hydrogen) atoms. The molecule has 0 fully saturated rings. The third kappa shape index (κ3) is 4.00. The lowest BCUT2D eigenvalue weighted by atomic mass is 9.42. The molecule has 0 unspecified atom stereocenters. The van der Waals surface area contributed by atoms with Crippen LogP contribution in [0.4, 0.5) is 0 Å². The lowest BCUT2D eigenvalue weighted by Gasteiger charge is -2.25. The normalized spacial score (nSPS) is 12.2. The van der Waals surface area contributed by atoms with E-state index in [1.807, 2.05) is 53.1 Å². The zero-order valence-corrected chi connectivity index (χ0v) is 24.8. The van der Waals surface area contributed by atoms with Gasteiger partial charge in [0.1, 0.15) is 11.2 Å². The minimum absolute atomic E-state index is 0.378. The molecule has 0 atom stereocenters. The number of nitrogens with zero attached hydrogens (tertiary/aromatic N) is 2. The summed E-state index contributed by atoms with van der Waals surface area (Å²) in [7, 11) is 19.3. The molecule has 0 aliphatic rings. The predicted molar refractivity (Wildman–Crippen MR) is 193 cm³/mol. The Balaban J connectivity index is 1.51. The molecule has 0 saturated carbocycles. The van der Waals surface area contributed by atoms with Crippen molar-refractivity contribution in [3.05, 3.63) is 145 Å². The first-order valence-electron chi connectivity index (χ1n) is 15.3. The van der Waals surface area contributed by atoms with Gasteiger partial charge < -0.3 is 4.42 Å². The number of benzene rings is 7. The summed E-state index contributed by atoms with van der Waals surface area (Å²) in [4.78, 5) is 4.86. The first-order valence-corrected chi connectivity index (χ1v) is 15.3. The highest BCUT2D eigenvalue weighted by Gasteiger charge is 2.27. The van der Waals surface area contributed by atoms with Crippen LogP contribution in [0.1, 0.15) is 5.82 Å². The van der Waals surface area contributed by atoms with Crippen LogP contribution in [0.3, 0.4) is 0 Å². The molecule has 0 aliphatic carbocycles. The highest BCUT2D eigenvalue weighted by Crippen LogP contribution is 2.47. The van der Waals surface area contributed by atoms with Crippen LogP contribution in [0.15, 0.2) is 144 Å². The second-order valence-corrected chi connectivity index (χ2v) is 11.9. The Bertz CT molecular complexity index is 2630. The number of hydrogen-bond donors (Lipinski definition) is 0. The lowest BCUT2D eigenvalue weighted by molar-refractivity contribution is 0.669. The number of aromatic nitrogens is 2. The molecule has 2 aromatic heterocycles. The zero-order chi connectivity index (χ0) is 31.0. The average molecular weight is 580 g/mol. The number of furan rings is 1. The molecule has 0 aliphatic heterocycles. The van der Waals surface area contributed by atoms with Gasteiger partial charge in [0.25, 0.3) is 0 Å². The molecular weight excluding hydrogens is 557 g/mol. The standard InChI is InChI=1S/C40H23B3N2O/c41-40(42,43)39-44-32-17-7-8-18-33(32)45(39)38-27-14-5-4-13-26(27)36(31-23-25(21-22-28(31)38)24-11-2-1-3-12-24)30-16-10-20-35-37(30)29-15-6-9-19-34(29)46-35/h1-23H. The number of rotatable bonds is 4. The molecule has 9 aromatic rings. The quantitative estimate of drug-likeness (QED) is 0.154. The fraction of sp³-hybridized carbons (Fsp3) is 0.0250. The van der Waals surface area contributed by atoms with Crippen molar-refractivity contribution < 1.29 is 4.42 Å². The summed E-state index contributed by atoms with van der Waals surface area (Å²) in [6.07, 6.45) is 0. The van der Waals surface area contributed by atoms with Gasteiger partial charge in [-0.2, -0.15) is 0 Å². The van der Waals surface area contributed by atoms with Crippen molar-refractivity contribution in [2.45, 2.75) is 5.11 Å². The van der Waals surface area contributed by atoms with Crippen molar-refractivity contribution in [3.63, 3.8) is 0 Å². The highest BCUT2D eigenvalue weighted by molar-refractivity contribution is 6.58. The molecule has 0 amide bonds. The van der Waals surface area contributed by atoms with Gasteiger partial charge in [-0.25, -0.2) is 4.98 Å². The fourth-order valence-electron chi connectivity index (χ4n) is 7.02. The Morgan fingerprint density at radius 1 is 0.543 bits per heavy atom. The maximum Gasteiger partial charge on any atom is 0.136 e. The van der Waals surface area contributed by atoms with Crippen LogP contribution in [0.25, 0.3) is 82.5 Å². The van der Waals surface area contributed by atoms with Crippen LogP contribution in [0.5, 0.6) is 0 Å². The zero-order valence-electron chi connectivity index (χ0n) is 24.8. The first kappa shape index (κ1) is 26.9. The van der Waals surface area contributed by atoms with Crippen LogP contribution in [0.2, 0.25) is 0 Å². The first-order chi connectivity index (χ1) is 22.5. The molecule has 0 spiro atoms. The third-order valence-corrected chi connectivity index (χ3v) is 8.95. The number of para-hydroxylation sites is 3. The molecule has 3 nitrogen and oxygen atoms in total. The van der Waals surface area contributed by atoms with Crippen LogP contribution in [0, 0.1) is 0 Å². The van der Waals surface area contributed by atoms with Crippen molar-refractivity contribution in [2.24, 2.45) is 0 Å². The van der Waals surface area contributed by atoms with E-state index in [9.17, 15) is 0 Å². The van der Waals surface area contributed by atoms with E-state index in [0.717, 1.165) is 82.5 Å². The van der Waals surface area contributed by atoms with Gasteiger partial charge in [-0.05, 0) is 63.4 Å². The van der Waals surface area contributed by atoms with Crippen molar-refractivity contribution in [2.75, 3.05) is 0 Å². The summed E-state index contributed by atoms with van der Waals surface area (Å²) < 4.78 is 8.40. The molecule has 2 heterocycles. The molecule has 208 valence electrons. The van der Waals surface area contributed by atoms with Crippen LogP contribution >= 0.6 is 0 Å². The van der Waals surface area contributed by atoms with E-state index in [2.05, 4.69) is 91.0 Å². The Morgan fingerprint density at radius 3 is 2.04 bits per heavy atom. The summed E-state index contributed by atoms with van der Waals surface area (Å²) in [5.41, 5.74) is 8.74. The van der Waals surface area contributed by atoms with Gasteiger partial charge in [-0.15, -0.1) is 0 Å². The number of fused-ring (bicyclic) bond motifs is 6. The van der Waals surface area contributed by atoms with Gasteiger partial charge in [-0.1, -0.05) is 114 Å². The van der Waals surface area contributed by atoms with Crippen LogP contribution < -0.4 is 0 Å². The molecule has 6 heteroatoms. The monoisotopic (exact) mass is 580 g/mol. The molecule has 7 aromatic carbocycles. The molecular formula is C40H23B3N2O. The second-order valence-electron chi connectivity index (χ2n) is 11.9. The SMILES string of the molecule is [B]C([B])([B])c1nc2ccccc2n1-c1c2ccccc2c(-c2cccc3oc4ccccc4c23)c2cc(-c3ccccc3)ccc12. The summed E-state index contributed by atoms with van der Waals surface area (Å²) in [5, 5.41) is 4.68. The van der Waals surface area contributed by atoms with E-state index in [1.54, 1.807) is 0 Å². The summed E-state index contributed by atoms with van der Waals surface area (Å²) in [6, 6.07) is 48.1. The maximum atomic E-state index is 6.43. The Kier molecular flexibility index (Phi) is 5.85.